The second-order valence-corrected chi connectivity index (χ2v) is 7.47. The molecule has 0 saturated heterocycles. The van der Waals surface area contributed by atoms with E-state index in [1.165, 1.54) is 0 Å². The predicted molar refractivity (Wildman–Crippen MR) is 124 cm³/mol. The van der Waals surface area contributed by atoms with Gasteiger partial charge < -0.3 is 0 Å². The molecular formula is C25H28N4O2. The maximum absolute atomic E-state index is 13.4. The van der Waals surface area contributed by atoms with Crippen LogP contribution in [0.3, 0.4) is 0 Å². The number of hydrogen-bond donors (Lipinski definition) is 0. The number of hydrogen-bond acceptors (Lipinski definition) is 4. The highest BCUT2D eigenvalue weighted by atomic mass is 16.2. The fourth-order valence-corrected chi connectivity index (χ4v) is 3.64. The Morgan fingerprint density at radius 1 is 0.742 bits per heavy atom. The molecule has 0 bridgehead atoms. The van der Waals surface area contributed by atoms with Crippen LogP contribution >= 0.6 is 0 Å². The molecule has 3 rings (SSSR count). The summed E-state index contributed by atoms with van der Waals surface area (Å²) in [5, 5.41) is 0. The first-order valence-corrected chi connectivity index (χ1v) is 10.5. The van der Waals surface area contributed by atoms with Crippen LogP contribution in [0.5, 0.6) is 0 Å². The third-order valence-corrected chi connectivity index (χ3v) is 5.17. The van der Waals surface area contributed by atoms with Gasteiger partial charge in [-0.15, -0.1) is 0 Å². The number of nitrogens with zero attached hydrogens (tertiary/aromatic N) is 4. The zero-order valence-corrected chi connectivity index (χ0v) is 18.7. The van der Waals surface area contributed by atoms with Crippen molar-refractivity contribution < 1.29 is 9.59 Å². The van der Waals surface area contributed by atoms with Crippen LogP contribution < -0.4 is 9.80 Å². The van der Waals surface area contributed by atoms with Crippen LogP contribution in [-0.2, 0) is 0 Å². The van der Waals surface area contributed by atoms with Crippen molar-refractivity contribution in [1.82, 2.24) is 9.97 Å². The molecule has 0 spiro atoms. The average molecular weight is 417 g/mol. The number of anilines is 2. The van der Waals surface area contributed by atoms with Crippen LogP contribution in [0.15, 0.2) is 54.9 Å². The summed E-state index contributed by atoms with van der Waals surface area (Å²) in [5.74, 6) is 0.894. The van der Waals surface area contributed by atoms with E-state index in [2.05, 4.69) is 9.97 Å². The van der Waals surface area contributed by atoms with E-state index in [0.29, 0.717) is 35.9 Å². The molecule has 0 radical (unpaired) electrons. The van der Waals surface area contributed by atoms with Gasteiger partial charge in [0.25, 0.3) is 11.8 Å². The summed E-state index contributed by atoms with van der Waals surface area (Å²) in [4.78, 5) is 38.8. The molecule has 31 heavy (non-hydrogen) atoms. The van der Waals surface area contributed by atoms with Gasteiger partial charge in [0, 0.05) is 36.6 Å². The topological polar surface area (TPSA) is 66.4 Å². The lowest BCUT2D eigenvalue weighted by Gasteiger charge is -2.24. The van der Waals surface area contributed by atoms with E-state index in [0.717, 1.165) is 16.7 Å². The van der Waals surface area contributed by atoms with Crippen molar-refractivity contribution in [3.8, 4) is 0 Å². The summed E-state index contributed by atoms with van der Waals surface area (Å²) in [5.41, 5.74) is 3.61. The Labute approximate surface area is 183 Å². The van der Waals surface area contributed by atoms with Crippen molar-refractivity contribution >= 4 is 23.5 Å². The monoisotopic (exact) mass is 416 g/mol. The predicted octanol–water partition coefficient (Wildman–Crippen LogP) is 4.74. The summed E-state index contributed by atoms with van der Waals surface area (Å²) in [6, 6.07) is 12.8. The van der Waals surface area contributed by atoms with E-state index in [1.54, 1.807) is 28.3 Å². The molecule has 6 nitrogen and oxygen atoms in total. The Balaban J connectivity index is 1.99. The molecule has 0 aliphatic heterocycles. The van der Waals surface area contributed by atoms with E-state index >= 15 is 0 Å². The van der Waals surface area contributed by atoms with Crippen LogP contribution in [0, 0.1) is 20.8 Å². The van der Waals surface area contributed by atoms with Gasteiger partial charge in [0.2, 0.25) is 0 Å². The van der Waals surface area contributed by atoms with E-state index in [-0.39, 0.29) is 11.8 Å². The molecule has 2 heterocycles. The third-order valence-electron chi connectivity index (χ3n) is 5.17. The van der Waals surface area contributed by atoms with E-state index < -0.39 is 0 Å². The average Bonchev–Trinajstić information content (AvgIpc) is 2.76. The van der Waals surface area contributed by atoms with E-state index in [9.17, 15) is 9.59 Å². The van der Waals surface area contributed by atoms with E-state index in [4.69, 9.17) is 0 Å². The van der Waals surface area contributed by atoms with Crippen molar-refractivity contribution in [3.63, 3.8) is 0 Å². The Hall–Kier alpha value is -3.54. The summed E-state index contributed by atoms with van der Waals surface area (Å²) < 4.78 is 0. The molecule has 0 N–H and O–H groups in total. The molecule has 2 aromatic heterocycles. The Bertz CT molecular complexity index is 1030. The third kappa shape index (κ3) is 4.63. The minimum Gasteiger partial charge on any atom is -0.293 e. The minimum atomic E-state index is -0.181. The summed E-state index contributed by atoms with van der Waals surface area (Å²) in [7, 11) is 0. The summed E-state index contributed by atoms with van der Waals surface area (Å²) >= 11 is 0. The molecule has 6 heteroatoms. The van der Waals surface area contributed by atoms with Gasteiger partial charge in [0.15, 0.2) is 0 Å². The molecule has 0 aliphatic carbocycles. The van der Waals surface area contributed by atoms with Gasteiger partial charge in [-0.25, -0.2) is 9.97 Å². The van der Waals surface area contributed by atoms with Crippen molar-refractivity contribution in [3.05, 3.63) is 82.7 Å². The number of rotatable bonds is 6. The van der Waals surface area contributed by atoms with E-state index in [1.807, 2.05) is 71.0 Å². The largest absolute Gasteiger partial charge is 0.293 e. The lowest BCUT2D eigenvalue weighted by Crippen LogP contribution is -2.34. The molecule has 160 valence electrons. The maximum Gasteiger partial charge on any atom is 0.259 e. The zero-order chi connectivity index (χ0) is 22.5. The van der Waals surface area contributed by atoms with Gasteiger partial charge in [-0.1, -0.05) is 12.1 Å². The quantitative estimate of drug-likeness (QED) is 0.582. The number of carbonyl (C=O) groups is 2. The minimum absolute atomic E-state index is 0.181. The van der Waals surface area contributed by atoms with Gasteiger partial charge in [0.1, 0.15) is 11.6 Å². The molecule has 0 aliphatic rings. The highest BCUT2D eigenvalue weighted by Gasteiger charge is 2.23. The maximum atomic E-state index is 13.4. The fraction of sp³-hybridized carbons (Fsp3) is 0.280. The smallest absolute Gasteiger partial charge is 0.259 e. The fourth-order valence-electron chi connectivity index (χ4n) is 3.64. The molecular weight excluding hydrogens is 388 g/mol. The number of amides is 2. The standard InChI is InChI=1S/C25H28N4O2/c1-6-28(22-18(4)10-8-12-26-22)24(30)20-14-17(3)15-21(16-20)25(31)29(7-2)23-19(5)11-9-13-27-23/h8-16H,6-7H2,1-5H3. The Morgan fingerprint density at radius 2 is 1.16 bits per heavy atom. The molecule has 0 saturated carbocycles. The number of pyridine rings is 2. The molecule has 0 fully saturated rings. The first-order valence-electron chi connectivity index (χ1n) is 10.5. The Morgan fingerprint density at radius 3 is 1.52 bits per heavy atom. The second-order valence-electron chi connectivity index (χ2n) is 7.47. The van der Waals surface area contributed by atoms with Crippen LogP contribution in [0.1, 0.15) is 51.3 Å². The molecule has 1 aromatic carbocycles. The van der Waals surface area contributed by atoms with Crippen LogP contribution in [0.25, 0.3) is 0 Å². The number of aromatic nitrogens is 2. The normalized spacial score (nSPS) is 10.6. The number of benzene rings is 1. The van der Waals surface area contributed by atoms with Crippen LogP contribution in [0.2, 0.25) is 0 Å². The molecule has 2 amide bonds. The SMILES string of the molecule is CCN(C(=O)c1cc(C)cc(C(=O)N(CC)c2ncccc2C)c1)c1ncccc1C. The second kappa shape index (κ2) is 9.51. The van der Waals surface area contributed by atoms with Crippen molar-refractivity contribution in [2.75, 3.05) is 22.9 Å². The van der Waals surface area contributed by atoms with Gasteiger partial charge in [0.05, 0.1) is 0 Å². The number of aryl methyl sites for hydroxylation is 3. The van der Waals surface area contributed by atoms with Crippen LogP contribution in [0.4, 0.5) is 11.6 Å². The molecule has 0 atom stereocenters. The summed E-state index contributed by atoms with van der Waals surface area (Å²) in [6.45, 7) is 10.5. The van der Waals surface area contributed by atoms with Gasteiger partial charge in [-0.3, -0.25) is 19.4 Å². The van der Waals surface area contributed by atoms with Crippen LogP contribution in [-0.4, -0.2) is 34.9 Å². The highest BCUT2D eigenvalue weighted by molar-refractivity contribution is 6.10. The molecule has 0 unspecified atom stereocenters. The van der Waals surface area contributed by atoms with Gasteiger partial charge in [-0.05, 0) is 81.6 Å². The van der Waals surface area contributed by atoms with Gasteiger partial charge >= 0.3 is 0 Å². The van der Waals surface area contributed by atoms with Crippen molar-refractivity contribution in [1.29, 1.82) is 0 Å². The summed E-state index contributed by atoms with van der Waals surface area (Å²) in [6.07, 6.45) is 3.36. The molecule has 3 aromatic rings. The highest BCUT2D eigenvalue weighted by Crippen LogP contribution is 2.23. The number of carbonyl (C=O) groups excluding carboxylic acids is 2. The van der Waals surface area contributed by atoms with Crippen molar-refractivity contribution in [2.24, 2.45) is 0 Å². The lowest BCUT2D eigenvalue weighted by molar-refractivity contribution is 0.0986. The van der Waals surface area contributed by atoms with Crippen molar-refractivity contribution in [2.45, 2.75) is 34.6 Å². The van der Waals surface area contributed by atoms with Gasteiger partial charge in [-0.2, -0.15) is 0 Å². The first kappa shape index (κ1) is 22.2. The Kier molecular flexibility index (Phi) is 6.80. The lowest BCUT2D eigenvalue weighted by atomic mass is 10.0. The zero-order valence-electron chi connectivity index (χ0n) is 18.7. The first-order chi connectivity index (χ1) is 14.9.